The normalized spacial score (nSPS) is 12.8. The number of rotatable bonds is 2. The fourth-order valence-electron chi connectivity index (χ4n) is 0.363. The number of hydrazine groups is 1. The standard InChI is InChI=1S/C4H10N2O3/c1-3(7)2-6(5)4(8)9/h3,7H,2,5H2,1H3,(H,8,9)/t3-/m1/s1. The van der Waals surface area contributed by atoms with Crippen molar-refractivity contribution >= 4 is 6.09 Å². The van der Waals surface area contributed by atoms with Crippen LogP contribution < -0.4 is 5.84 Å². The van der Waals surface area contributed by atoms with Crippen molar-refractivity contribution in [2.75, 3.05) is 6.54 Å². The fraction of sp³-hybridized carbons (Fsp3) is 0.750. The third-order valence-electron chi connectivity index (χ3n) is 0.707. The topological polar surface area (TPSA) is 86.8 Å². The van der Waals surface area contributed by atoms with Crippen LogP contribution >= 0.6 is 0 Å². The minimum atomic E-state index is -1.24. The predicted molar refractivity (Wildman–Crippen MR) is 30.6 cm³/mol. The van der Waals surface area contributed by atoms with Gasteiger partial charge in [-0.2, -0.15) is 0 Å². The van der Waals surface area contributed by atoms with Crippen LogP contribution in [0.1, 0.15) is 6.92 Å². The van der Waals surface area contributed by atoms with E-state index < -0.39 is 12.2 Å². The van der Waals surface area contributed by atoms with E-state index in [4.69, 9.17) is 16.1 Å². The molecule has 0 aliphatic carbocycles. The minimum absolute atomic E-state index is 0.0602. The molecule has 0 aromatic carbocycles. The lowest BCUT2D eigenvalue weighted by atomic mass is 10.4. The third-order valence-corrected chi connectivity index (χ3v) is 0.707. The van der Waals surface area contributed by atoms with Crippen LogP contribution in [0, 0.1) is 0 Å². The van der Waals surface area contributed by atoms with Crippen molar-refractivity contribution in [2.45, 2.75) is 13.0 Å². The zero-order valence-electron chi connectivity index (χ0n) is 5.11. The Morgan fingerprint density at radius 2 is 2.33 bits per heavy atom. The quantitative estimate of drug-likeness (QED) is 0.262. The number of amides is 1. The van der Waals surface area contributed by atoms with Gasteiger partial charge in [0.05, 0.1) is 12.6 Å². The Bertz CT molecular complexity index is 104. The molecule has 0 saturated heterocycles. The number of nitrogens with two attached hydrogens (primary N) is 1. The number of aliphatic hydroxyl groups is 1. The highest BCUT2D eigenvalue weighted by Gasteiger charge is 2.07. The average Bonchev–Trinajstić information content (AvgIpc) is 1.63. The predicted octanol–water partition coefficient (Wildman–Crippen LogP) is -0.779. The van der Waals surface area contributed by atoms with Gasteiger partial charge in [0.25, 0.3) is 0 Å². The van der Waals surface area contributed by atoms with Crippen LogP contribution in [0.3, 0.4) is 0 Å². The lowest BCUT2D eigenvalue weighted by Gasteiger charge is -2.13. The highest BCUT2D eigenvalue weighted by atomic mass is 16.4. The number of carbonyl (C=O) groups is 1. The molecule has 5 nitrogen and oxygen atoms in total. The van der Waals surface area contributed by atoms with Crippen molar-refractivity contribution < 1.29 is 15.0 Å². The Kier molecular flexibility index (Phi) is 2.97. The van der Waals surface area contributed by atoms with Crippen molar-refractivity contribution in [3.05, 3.63) is 0 Å². The summed E-state index contributed by atoms with van der Waals surface area (Å²) in [6.45, 7) is 1.40. The van der Waals surface area contributed by atoms with Crippen molar-refractivity contribution in [1.82, 2.24) is 5.01 Å². The van der Waals surface area contributed by atoms with Gasteiger partial charge in [0.1, 0.15) is 0 Å². The molecule has 5 heteroatoms. The highest BCUT2D eigenvalue weighted by molar-refractivity contribution is 5.63. The van der Waals surface area contributed by atoms with Gasteiger partial charge in [-0.25, -0.2) is 15.6 Å². The molecule has 0 aromatic rings. The van der Waals surface area contributed by atoms with Crippen molar-refractivity contribution in [3.63, 3.8) is 0 Å². The summed E-state index contributed by atoms with van der Waals surface area (Å²) in [6, 6.07) is 0. The van der Waals surface area contributed by atoms with E-state index in [0.717, 1.165) is 0 Å². The molecule has 1 atom stereocenters. The zero-order chi connectivity index (χ0) is 7.44. The summed E-state index contributed by atoms with van der Waals surface area (Å²) < 4.78 is 0. The summed E-state index contributed by atoms with van der Waals surface area (Å²) in [5.41, 5.74) is 0. The molecule has 0 aromatic heterocycles. The molecule has 1 amide bonds. The smallest absolute Gasteiger partial charge is 0.421 e. The van der Waals surface area contributed by atoms with E-state index in [9.17, 15) is 4.79 Å². The molecule has 0 saturated carbocycles. The Morgan fingerprint density at radius 1 is 1.89 bits per heavy atom. The Balaban J connectivity index is 3.50. The summed E-state index contributed by atoms with van der Waals surface area (Å²) >= 11 is 0. The van der Waals surface area contributed by atoms with Crippen LogP contribution in [-0.2, 0) is 0 Å². The molecule has 0 heterocycles. The van der Waals surface area contributed by atoms with Crippen molar-refractivity contribution in [2.24, 2.45) is 5.84 Å². The zero-order valence-corrected chi connectivity index (χ0v) is 5.11. The Hall–Kier alpha value is -0.810. The summed E-state index contributed by atoms with van der Waals surface area (Å²) in [5, 5.41) is 17.2. The highest BCUT2D eigenvalue weighted by Crippen LogP contribution is 1.83. The number of carboxylic acid groups (broad SMARTS) is 1. The van der Waals surface area contributed by atoms with E-state index in [2.05, 4.69) is 0 Å². The first-order chi connectivity index (χ1) is 4.04. The number of nitrogens with zero attached hydrogens (tertiary/aromatic N) is 1. The van der Waals surface area contributed by atoms with Crippen LogP contribution in [0.25, 0.3) is 0 Å². The molecule has 0 unspecified atom stereocenters. The molecule has 0 rings (SSSR count). The summed E-state index contributed by atoms with van der Waals surface area (Å²) in [4.78, 5) is 9.92. The second-order valence-corrected chi connectivity index (χ2v) is 1.78. The molecule has 0 aliphatic heterocycles. The van der Waals surface area contributed by atoms with Gasteiger partial charge in [0.2, 0.25) is 0 Å². The maximum absolute atomic E-state index is 9.92. The van der Waals surface area contributed by atoms with Gasteiger partial charge in [0.15, 0.2) is 0 Å². The molecular weight excluding hydrogens is 124 g/mol. The fourth-order valence-corrected chi connectivity index (χ4v) is 0.363. The van der Waals surface area contributed by atoms with Crippen LogP contribution in [0.15, 0.2) is 0 Å². The Labute approximate surface area is 52.7 Å². The number of hydrogen-bond acceptors (Lipinski definition) is 3. The van der Waals surface area contributed by atoms with E-state index in [-0.39, 0.29) is 6.54 Å². The van der Waals surface area contributed by atoms with E-state index in [1.165, 1.54) is 6.92 Å². The second kappa shape index (κ2) is 3.26. The number of aliphatic hydroxyl groups excluding tert-OH is 1. The van der Waals surface area contributed by atoms with Gasteiger partial charge >= 0.3 is 6.09 Å². The van der Waals surface area contributed by atoms with Gasteiger partial charge in [-0.1, -0.05) is 0 Å². The van der Waals surface area contributed by atoms with Gasteiger partial charge in [-0.15, -0.1) is 0 Å². The van der Waals surface area contributed by atoms with E-state index in [1.54, 1.807) is 0 Å². The van der Waals surface area contributed by atoms with Crippen LogP contribution in [0.4, 0.5) is 4.79 Å². The summed E-state index contributed by atoms with van der Waals surface area (Å²) in [6.07, 6.45) is -1.96. The van der Waals surface area contributed by atoms with Crippen molar-refractivity contribution in [1.29, 1.82) is 0 Å². The second-order valence-electron chi connectivity index (χ2n) is 1.78. The SMILES string of the molecule is C[C@@H](O)CN(N)C(=O)O. The van der Waals surface area contributed by atoms with Crippen molar-refractivity contribution in [3.8, 4) is 0 Å². The lowest BCUT2D eigenvalue weighted by molar-refractivity contribution is 0.105. The van der Waals surface area contributed by atoms with E-state index in [1.807, 2.05) is 0 Å². The largest absolute Gasteiger partial charge is 0.464 e. The minimum Gasteiger partial charge on any atom is -0.464 e. The Morgan fingerprint density at radius 3 is 2.44 bits per heavy atom. The summed E-state index contributed by atoms with van der Waals surface area (Å²) in [5.74, 6) is 4.89. The molecule has 9 heavy (non-hydrogen) atoms. The maximum atomic E-state index is 9.92. The lowest BCUT2D eigenvalue weighted by Crippen LogP contribution is -2.40. The van der Waals surface area contributed by atoms with E-state index in [0.29, 0.717) is 5.01 Å². The van der Waals surface area contributed by atoms with Gasteiger partial charge in [0, 0.05) is 0 Å². The molecule has 0 bridgehead atoms. The van der Waals surface area contributed by atoms with Crippen LogP contribution in [0.2, 0.25) is 0 Å². The molecule has 54 valence electrons. The first kappa shape index (κ1) is 8.19. The first-order valence-corrected chi connectivity index (χ1v) is 2.47. The average molecular weight is 134 g/mol. The maximum Gasteiger partial charge on any atom is 0.421 e. The summed E-state index contributed by atoms with van der Waals surface area (Å²) in [7, 11) is 0. The molecule has 0 radical (unpaired) electrons. The molecular formula is C4H10N2O3. The van der Waals surface area contributed by atoms with Gasteiger partial charge in [-0.05, 0) is 6.92 Å². The van der Waals surface area contributed by atoms with Gasteiger partial charge < -0.3 is 10.2 Å². The monoisotopic (exact) mass is 134 g/mol. The first-order valence-electron chi connectivity index (χ1n) is 2.47. The number of hydrogen-bond donors (Lipinski definition) is 3. The van der Waals surface area contributed by atoms with Crippen LogP contribution in [-0.4, -0.2) is 34.0 Å². The van der Waals surface area contributed by atoms with Crippen LogP contribution in [0.5, 0.6) is 0 Å². The molecule has 4 N–H and O–H groups in total. The molecule has 0 spiro atoms. The third kappa shape index (κ3) is 3.75. The molecule has 0 fully saturated rings. The van der Waals surface area contributed by atoms with E-state index >= 15 is 0 Å². The van der Waals surface area contributed by atoms with Gasteiger partial charge in [-0.3, -0.25) is 0 Å². The molecule has 0 aliphatic rings.